The Morgan fingerprint density at radius 3 is 2.84 bits per heavy atom. The van der Waals surface area contributed by atoms with Gasteiger partial charge in [0.25, 0.3) is 0 Å². The molecular formula is C12H9ClN4O2. The molecule has 3 N–H and O–H groups in total. The summed E-state index contributed by atoms with van der Waals surface area (Å²) in [5.74, 6) is 2.67. The van der Waals surface area contributed by atoms with Crippen LogP contribution in [0.2, 0.25) is 0 Å². The van der Waals surface area contributed by atoms with Crippen LogP contribution in [-0.4, -0.2) is 26.4 Å². The fraction of sp³-hybridized carbons (Fsp3) is 0.0833. The van der Waals surface area contributed by atoms with Crippen LogP contribution in [0.3, 0.4) is 0 Å². The number of nitrogens with one attached hydrogen (secondary N) is 2. The molecule has 1 amide bonds. The molecule has 6 nitrogen and oxygen atoms in total. The molecule has 0 aliphatic rings. The molecule has 0 saturated heterocycles. The Balaban J connectivity index is 2.65. The molecule has 0 fully saturated rings. The number of pyridine rings is 1. The standard InChI is InChI=1S/C12H9ClN4O2/c13-4-3-12(17-11(18)19,10-7-15-16-8-10)9-2-1-5-14-6-9/h1-2,5-8,17H,(H,15,16)(H,18,19). The highest BCUT2D eigenvalue weighted by molar-refractivity contribution is 6.30. The molecule has 0 aliphatic carbocycles. The van der Waals surface area contributed by atoms with Crippen LogP contribution in [0.25, 0.3) is 0 Å². The maximum Gasteiger partial charge on any atom is 0.406 e. The van der Waals surface area contributed by atoms with Crippen LogP contribution in [0.4, 0.5) is 4.79 Å². The molecule has 2 aromatic heterocycles. The SMILES string of the molecule is O=C(O)NC(C#CCl)(c1cccnc1)c1cn[nH]c1. The average Bonchev–Trinajstić information content (AvgIpc) is 2.93. The van der Waals surface area contributed by atoms with E-state index in [-0.39, 0.29) is 0 Å². The van der Waals surface area contributed by atoms with Gasteiger partial charge in [-0.3, -0.25) is 15.4 Å². The molecule has 1 atom stereocenters. The van der Waals surface area contributed by atoms with Crippen LogP contribution in [0.5, 0.6) is 0 Å². The van der Waals surface area contributed by atoms with Crippen LogP contribution in [0.15, 0.2) is 36.9 Å². The summed E-state index contributed by atoms with van der Waals surface area (Å²) in [6.07, 6.45) is 4.89. The Labute approximate surface area is 113 Å². The van der Waals surface area contributed by atoms with Crippen LogP contribution in [0, 0.1) is 11.3 Å². The minimum Gasteiger partial charge on any atom is -0.465 e. The Hall–Kier alpha value is -2.52. The maximum atomic E-state index is 11.1. The van der Waals surface area contributed by atoms with Gasteiger partial charge in [0, 0.05) is 35.1 Å². The van der Waals surface area contributed by atoms with Crippen molar-refractivity contribution in [2.45, 2.75) is 5.54 Å². The maximum absolute atomic E-state index is 11.1. The monoisotopic (exact) mass is 276 g/mol. The Kier molecular flexibility index (Phi) is 3.68. The van der Waals surface area contributed by atoms with Gasteiger partial charge in [0.1, 0.15) is 0 Å². The van der Waals surface area contributed by atoms with E-state index in [4.69, 9.17) is 16.7 Å². The van der Waals surface area contributed by atoms with Crippen molar-refractivity contribution < 1.29 is 9.90 Å². The third kappa shape index (κ3) is 2.51. The lowest BCUT2D eigenvalue weighted by Crippen LogP contribution is -2.45. The summed E-state index contributed by atoms with van der Waals surface area (Å²) in [6.45, 7) is 0. The van der Waals surface area contributed by atoms with Gasteiger partial charge in [-0.2, -0.15) is 5.10 Å². The summed E-state index contributed by atoms with van der Waals surface area (Å²) in [7, 11) is 0. The number of aromatic amines is 1. The second-order valence-corrected chi connectivity index (χ2v) is 3.82. The third-order valence-electron chi connectivity index (χ3n) is 2.55. The van der Waals surface area contributed by atoms with Gasteiger partial charge in [-0.15, -0.1) is 0 Å². The largest absolute Gasteiger partial charge is 0.465 e. The summed E-state index contributed by atoms with van der Waals surface area (Å²) in [5, 5.41) is 20.1. The first-order valence-corrected chi connectivity index (χ1v) is 5.60. The second-order valence-electron chi connectivity index (χ2n) is 3.63. The van der Waals surface area contributed by atoms with Gasteiger partial charge in [-0.25, -0.2) is 4.79 Å². The Morgan fingerprint density at radius 1 is 1.47 bits per heavy atom. The summed E-state index contributed by atoms with van der Waals surface area (Å²) >= 11 is 5.49. The number of carboxylic acid groups (broad SMARTS) is 1. The first-order valence-electron chi connectivity index (χ1n) is 5.22. The zero-order valence-corrected chi connectivity index (χ0v) is 10.3. The van der Waals surface area contributed by atoms with Gasteiger partial charge in [-0.1, -0.05) is 6.07 Å². The summed E-state index contributed by atoms with van der Waals surface area (Å²) in [6, 6.07) is 3.39. The van der Waals surface area contributed by atoms with E-state index >= 15 is 0 Å². The lowest BCUT2D eigenvalue weighted by atomic mass is 9.86. The number of hydrogen-bond acceptors (Lipinski definition) is 3. The van der Waals surface area contributed by atoms with Gasteiger partial charge >= 0.3 is 6.09 Å². The van der Waals surface area contributed by atoms with Gasteiger partial charge in [-0.05, 0) is 23.6 Å². The summed E-state index contributed by atoms with van der Waals surface area (Å²) in [5.41, 5.74) is -0.238. The fourth-order valence-electron chi connectivity index (χ4n) is 1.76. The number of amides is 1. The van der Waals surface area contributed by atoms with Gasteiger partial charge < -0.3 is 5.11 Å². The minimum atomic E-state index is -1.31. The van der Waals surface area contributed by atoms with E-state index in [1.54, 1.807) is 24.5 Å². The molecule has 19 heavy (non-hydrogen) atoms. The molecule has 1 unspecified atom stereocenters. The zero-order chi connectivity index (χ0) is 13.7. The number of H-pyrrole nitrogens is 1. The van der Waals surface area contributed by atoms with Crippen LogP contribution < -0.4 is 5.32 Å². The molecule has 0 aromatic carbocycles. The van der Waals surface area contributed by atoms with Crippen LogP contribution >= 0.6 is 11.6 Å². The van der Waals surface area contributed by atoms with E-state index in [0.29, 0.717) is 11.1 Å². The fourth-order valence-corrected chi connectivity index (χ4v) is 1.90. The van der Waals surface area contributed by atoms with Crippen LogP contribution in [0.1, 0.15) is 11.1 Å². The van der Waals surface area contributed by atoms with Gasteiger partial charge in [0.15, 0.2) is 5.54 Å². The number of halogens is 1. The van der Waals surface area contributed by atoms with Gasteiger partial charge in [0.05, 0.1) is 6.20 Å². The Morgan fingerprint density at radius 2 is 2.32 bits per heavy atom. The number of hydrogen-bond donors (Lipinski definition) is 3. The van der Waals surface area contributed by atoms with Crippen molar-refractivity contribution in [3.05, 3.63) is 48.0 Å². The predicted molar refractivity (Wildman–Crippen MR) is 68.4 cm³/mol. The number of nitrogens with zero attached hydrogens (tertiary/aromatic N) is 2. The van der Waals surface area contributed by atoms with Crippen molar-refractivity contribution in [3.8, 4) is 11.3 Å². The zero-order valence-electron chi connectivity index (χ0n) is 9.59. The van der Waals surface area contributed by atoms with Crippen molar-refractivity contribution >= 4 is 17.7 Å². The van der Waals surface area contributed by atoms with Crippen molar-refractivity contribution in [1.29, 1.82) is 0 Å². The molecule has 2 rings (SSSR count). The highest BCUT2D eigenvalue weighted by Crippen LogP contribution is 2.28. The molecule has 0 saturated carbocycles. The molecule has 2 heterocycles. The molecule has 2 aromatic rings. The van der Waals surface area contributed by atoms with Crippen LogP contribution in [-0.2, 0) is 5.54 Å². The average molecular weight is 277 g/mol. The highest BCUT2D eigenvalue weighted by Gasteiger charge is 2.35. The predicted octanol–water partition coefficient (Wildman–Crippen LogP) is 1.52. The van der Waals surface area contributed by atoms with Gasteiger partial charge in [0.2, 0.25) is 0 Å². The van der Waals surface area contributed by atoms with E-state index in [2.05, 4.69) is 31.8 Å². The minimum absolute atomic E-state index is 0.524. The van der Waals surface area contributed by atoms with Crippen molar-refractivity contribution in [3.63, 3.8) is 0 Å². The molecular weight excluding hydrogens is 268 g/mol. The summed E-state index contributed by atoms with van der Waals surface area (Å²) in [4.78, 5) is 15.1. The number of aromatic nitrogens is 3. The molecule has 0 radical (unpaired) electrons. The van der Waals surface area contributed by atoms with E-state index in [9.17, 15) is 4.79 Å². The molecule has 96 valence electrons. The van der Waals surface area contributed by atoms with E-state index in [0.717, 1.165) is 0 Å². The van der Waals surface area contributed by atoms with Crippen molar-refractivity contribution in [2.24, 2.45) is 0 Å². The normalized spacial score (nSPS) is 12.9. The second kappa shape index (κ2) is 5.42. The first-order chi connectivity index (χ1) is 9.19. The highest BCUT2D eigenvalue weighted by atomic mass is 35.5. The number of carbonyl (C=O) groups is 1. The van der Waals surface area contributed by atoms with E-state index < -0.39 is 11.6 Å². The smallest absolute Gasteiger partial charge is 0.406 e. The Bertz CT molecular complexity index is 618. The third-order valence-corrected chi connectivity index (χ3v) is 2.65. The van der Waals surface area contributed by atoms with Crippen molar-refractivity contribution in [2.75, 3.05) is 0 Å². The number of rotatable bonds is 3. The van der Waals surface area contributed by atoms with Crippen molar-refractivity contribution in [1.82, 2.24) is 20.5 Å². The lowest BCUT2D eigenvalue weighted by Gasteiger charge is -2.27. The molecule has 7 heteroatoms. The molecule has 0 spiro atoms. The topological polar surface area (TPSA) is 90.9 Å². The lowest BCUT2D eigenvalue weighted by molar-refractivity contribution is 0.188. The quantitative estimate of drug-likeness (QED) is 0.741. The first kappa shape index (κ1) is 12.9. The molecule has 0 aliphatic heterocycles. The molecule has 0 bridgehead atoms. The van der Waals surface area contributed by atoms with E-state index in [1.165, 1.54) is 12.4 Å². The van der Waals surface area contributed by atoms with E-state index in [1.807, 2.05) is 0 Å². The summed E-state index contributed by atoms with van der Waals surface area (Å²) < 4.78 is 0.